The first-order valence-corrected chi connectivity index (χ1v) is 4.93. The van der Waals surface area contributed by atoms with E-state index >= 15 is 0 Å². The molecule has 0 aliphatic carbocycles. The largest absolute Gasteiger partial charge is 0.481 e. The van der Waals surface area contributed by atoms with Crippen LogP contribution < -0.4 is 0 Å². The number of ether oxygens (including phenoxy) is 1. The number of hydrogen-bond acceptors (Lipinski definition) is 3. The SMILES string of the molecule is O=C(O)CCC1(c2cccnc2)COC1. The molecular weight excluding hydrogens is 194 g/mol. The Balaban J connectivity index is 2.12. The van der Waals surface area contributed by atoms with Crippen molar-refractivity contribution in [3.63, 3.8) is 0 Å². The van der Waals surface area contributed by atoms with Crippen LogP contribution >= 0.6 is 0 Å². The van der Waals surface area contributed by atoms with E-state index in [1.54, 1.807) is 12.4 Å². The molecule has 0 radical (unpaired) electrons. The quantitative estimate of drug-likeness (QED) is 0.806. The van der Waals surface area contributed by atoms with Crippen molar-refractivity contribution in [2.24, 2.45) is 0 Å². The lowest BCUT2D eigenvalue weighted by atomic mass is 9.76. The first-order valence-electron chi connectivity index (χ1n) is 4.93. The van der Waals surface area contributed by atoms with Crippen molar-refractivity contribution in [3.8, 4) is 0 Å². The molecule has 80 valence electrons. The van der Waals surface area contributed by atoms with Crippen LogP contribution in [0.25, 0.3) is 0 Å². The zero-order chi connectivity index (χ0) is 10.7. The van der Waals surface area contributed by atoms with Crippen LogP contribution in [0.2, 0.25) is 0 Å². The van der Waals surface area contributed by atoms with Gasteiger partial charge in [-0.15, -0.1) is 0 Å². The van der Waals surface area contributed by atoms with Crippen molar-refractivity contribution in [2.45, 2.75) is 18.3 Å². The highest BCUT2D eigenvalue weighted by Crippen LogP contribution is 2.36. The van der Waals surface area contributed by atoms with Gasteiger partial charge in [0.1, 0.15) is 0 Å². The minimum atomic E-state index is -0.759. The van der Waals surface area contributed by atoms with Crippen LogP contribution in [0.3, 0.4) is 0 Å². The Labute approximate surface area is 87.9 Å². The Bertz CT molecular complexity index is 346. The Kier molecular flexibility index (Phi) is 2.68. The van der Waals surface area contributed by atoms with Gasteiger partial charge >= 0.3 is 5.97 Å². The zero-order valence-electron chi connectivity index (χ0n) is 8.35. The number of carbonyl (C=O) groups is 1. The number of hydrogen-bond donors (Lipinski definition) is 1. The van der Waals surface area contributed by atoms with Crippen molar-refractivity contribution >= 4 is 5.97 Å². The molecule has 1 fully saturated rings. The van der Waals surface area contributed by atoms with E-state index in [0.29, 0.717) is 19.6 Å². The molecule has 0 atom stereocenters. The summed E-state index contributed by atoms with van der Waals surface area (Å²) in [5.74, 6) is -0.759. The Hall–Kier alpha value is -1.42. The molecule has 0 bridgehead atoms. The third kappa shape index (κ3) is 1.99. The molecule has 1 aliphatic heterocycles. The van der Waals surface area contributed by atoms with E-state index in [0.717, 1.165) is 5.56 Å². The summed E-state index contributed by atoms with van der Waals surface area (Å²) in [5.41, 5.74) is 0.963. The van der Waals surface area contributed by atoms with E-state index in [4.69, 9.17) is 9.84 Å². The maximum atomic E-state index is 10.6. The summed E-state index contributed by atoms with van der Waals surface area (Å²) in [7, 11) is 0. The normalized spacial score (nSPS) is 18.1. The lowest BCUT2D eigenvalue weighted by molar-refractivity contribution is -0.139. The Morgan fingerprint density at radius 2 is 2.40 bits per heavy atom. The standard InChI is InChI=1S/C11H13NO3/c13-10(14)3-4-11(7-15-8-11)9-2-1-5-12-6-9/h1-2,5-6H,3-4,7-8H2,(H,13,14). The number of aromatic nitrogens is 1. The van der Waals surface area contributed by atoms with Gasteiger partial charge in [-0.1, -0.05) is 6.07 Å². The second kappa shape index (κ2) is 3.98. The minimum absolute atomic E-state index is 0.118. The topological polar surface area (TPSA) is 59.4 Å². The Morgan fingerprint density at radius 1 is 1.60 bits per heavy atom. The molecule has 1 aromatic heterocycles. The summed E-state index contributed by atoms with van der Waals surface area (Å²) in [6.45, 7) is 1.21. The van der Waals surface area contributed by atoms with Crippen LogP contribution in [0.4, 0.5) is 0 Å². The third-order valence-electron chi connectivity index (χ3n) is 2.85. The number of carboxylic acids is 1. The molecule has 2 heterocycles. The molecule has 0 saturated carbocycles. The van der Waals surface area contributed by atoms with Gasteiger partial charge in [0.05, 0.1) is 13.2 Å². The molecule has 0 aromatic carbocycles. The first kappa shape index (κ1) is 10.1. The molecule has 1 aromatic rings. The zero-order valence-corrected chi connectivity index (χ0v) is 8.35. The highest BCUT2D eigenvalue weighted by molar-refractivity contribution is 5.66. The summed E-state index contributed by atoms with van der Waals surface area (Å²) in [5, 5.41) is 8.69. The lowest BCUT2D eigenvalue weighted by Gasteiger charge is -2.41. The third-order valence-corrected chi connectivity index (χ3v) is 2.85. The van der Waals surface area contributed by atoms with Gasteiger partial charge in [0.25, 0.3) is 0 Å². The van der Waals surface area contributed by atoms with Gasteiger partial charge in [0.2, 0.25) is 0 Å². The molecule has 1 N–H and O–H groups in total. The number of aliphatic carboxylic acids is 1. The summed E-state index contributed by atoms with van der Waals surface area (Å²) < 4.78 is 5.20. The van der Waals surface area contributed by atoms with Crippen LogP contribution in [0, 0.1) is 0 Å². The fourth-order valence-electron chi connectivity index (χ4n) is 1.83. The summed E-state index contributed by atoms with van der Waals surface area (Å²) in [6.07, 6.45) is 4.31. The van der Waals surface area contributed by atoms with Crippen molar-refractivity contribution in [1.82, 2.24) is 4.98 Å². The van der Waals surface area contributed by atoms with Crippen LogP contribution in [-0.4, -0.2) is 29.3 Å². The molecule has 0 unspecified atom stereocenters. The molecular formula is C11H13NO3. The van der Waals surface area contributed by atoms with Gasteiger partial charge in [-0.25, -0.2) is 0 Å². The summed E-state index contributed by atoms with van der Waals surface area (Å²) in [4.78, 5) is 14.6. The van der Waals surface area contributed by atoms with E-state index in [1.165, 1.54) is 0 Å². The van der Waals surface area contributed by atoms with Crippen LogP contribution in [0.5, 0.6) is 0 Å². The van der Waals surface area contributed by atoms with Crippen LogP contribution in [-0.2, 0) is 14.9 Å². The molecule has 2 rings (SSSR count). The number of nitrogens with zero attached hydrogens (tertiary/aromatic N) is 1. The van der Waals surface area contributed by atoms with E-state index in [-0.39, 0.29) is 11.8 Å². The van der Waals surface area contributed by atoms with E-state index in [9.17, 15) is 4.79 Å². The summed E-state index contributed by atoms with van der Waals surface area (Å²) >= 11 is 0. The monoisotopic (exact) mass is 207 g/mol. The average Bonchev–Trinajstić information content (AvgIpc) is 2.17. The summed E-state index contributed by atoms with van der Waals surface area (Å²) in [6, 6.07) is 3.85. The smallest absolute Gasteiger partial charge is 0.303 e. The molecule has 1 aliphatic rings. The molecule has 15 heavy (non-hydrogen) atoms. The highest BCUT2D eigenvalue weighted by Gasteiger charge is 2.40. The maximum Gasteiger partial charge on any atom is 0.303 e. The fourth-order valence-corrected chi connectivity index (χ4v) is 1.83. The molecule has 0 amide bonds. The van der Waals surface area contributed by atoms with Crippen molar-refractivity contribution in [2.75, 3.05) is 13.2 Å². The molecule has 0 spiro atoms. The maximum absolute atomic E-state index is 10.6. The number of pyridine rings is 1. The first-order chi connectivity index (χ1) is 7.23. The van der Waals surface area contributed by atoms with Crippen molar-refractivity contribution in [3.05, 3.63) is 30.1 Å². The molecule has 4 heteroatoms. The second-order valence-corrected chi connectivity index (χ2v) is 3.91. The van der Waals surface area contributed by atoms with Gasteiger partial charge in [0.15, 0.2) is 0 Å². The van der Waals surface area contributed by atoms with E-state index in [2.05, 4.69) is 4.98 Å². The lowest BCUT2D eigenvalue weighted by Crippen LogP contribution is -2.47. The predicted molar refractivity (Wildman–Crippen MR) is 53.6 cm³/mol. The number of carboxylic acid groups (broad SMARTS) is 1. The van der Waals surface area contributed by atoms with Crippen LogP contribution in [0.15, 0.2) is 24.5 Å². The van der Waals surface area contributed by atoms with Gasteiger partial charge in [-0.3, -0.25) is 9.78 Å². The van der Waals surface area contributed by atoms with Gasteiger partial charge < -0.3 is 9.84 Å². The Morgan fingerprint density at radius 3 is 2.87 bits per heavy atom. The minimum Gasteiger partial charge on any atom is -0.481 e. The number of rotatable bonds is 4. The van der Waals surface area contributed by atoms with Gasteiger partial charge in [-0.2, -0.15) is 0 Å². The predicted octanol–water partition coefficient (Wildman–Crippen LogP) is 1.21. The highest BCUT2D eigenvalue weighted by atomic mass is 16.5. The van der Waals surface area contributed by atoms with Gasteiger partial charge in [0, 0.05) is 24.2 Å². The molecule has 4 nitrogen and oxygen atoms in total. The molecule has 1 saturated heterocycles. The van der Waals surface area contributed by atoms with Gasteiger partial charge in [-0.05, 0) is 18.1 Å². The second-order valence-electron chi connectivity index (χ2n) is 3.91. The van der Waals surface area contributed by atoms with E-state index in [1.807, 2.05) is 12.1 Å². The average molecular weight is 207 g/mol. The van der Waals surface area contributed by atoms with Crippen molar-refractivity contribution in [1.29, 1.82) is 0 Å². The van der Waals surface area contributed by atoms with Crippen molar-refractivity contribution < 1.29 is 14.6 Å². The fraction of sp³-hybridized carbons (Fsp3) is 0.455. The van der Waals surface area contributed by atoms with Crippen LogP contribution in [0.1, 0.15) is 18.4 Å². The van der Waals surface area contributed by atoms with E-state index < -0.39 is 5.97 Å².